The van der Waals surface area contributed by atoms with Crippen LogP contribution in [0.15, 0.2) is 71.6 Å². The van der Waals surface area contributed by atoms with Crippen LogP contribution in [0.25, 0.3) is 0 Å². The predicted octanol–water partition coefficient (Wildman–Crippen LogP) is 4.56. The van der Waals surface area contributed by atoms with Crippen molar-refractivity contribution < 1.29 is 4.74 Å². The monoisotopic (exact) mass is 355 g/mol. The summed E-state index contributed by atoms with van der Waals surface area (Å²) in [5.74, 6) is 0.573. The summed E-state index contributed by atoms with van der Waals surface area (Å²) in [7, 11) is 0. The van der Waals surface area contributed by atoms with Gasteiger partial charge in [-0.1, -0.05) is 30.3 Å². The highest BCUT2D eigenvalue weighted by Crippen LogP contribution is 2.27. The smallest absolute Gasteiger partial charge is 0.228 e. The quantitative estimate of drug-likeness (QED) is 0.728. The van der Waals surface area contributed by atoms with E-state index in [2.05, 4.69) is 31.2 Å². The molecule has 2 heterocycles. The number of aromatic nitrogens is 2. The Morgan fingerprint density at radius 1 is 1.00 bits per heavy atom. The van der Waals surface area contributed by atoms with Crippen molar-refractivity contribution in [3.8, 4) is 5.88 Å². The van der Waals surface area contributed by atoms with Crippen molar-refractivity contribution in [1.82, 2.24) is 9.97 Å². The van der Waals surface area contributed by atoms with Crippen LogP contribution in [0.1, 0.15) is 5.56 Å². The molecular weight excluding hydrogens is 342 g/mol. The lowest BCUT2D eigenvalue weighted by atomic mass is 10.2. The molecule has 2 aromatic heterocycles. The van der Waals surface area contributed by atoms with Crippen LogP contribution in [-0.4, -0.2) is 9.97 Å². The summed E-state index contributed by atoms with van der Waals surface area (Å²) in [6.07, 6.45) is 5.22. The lowest BCUT2D eigenvalue weighted by Crippen LogP contribution is -1.99. The van der Waals surface area contributed by atoms with Gasteiger partial charge in [0.1, 0.15) is 6.61 Å². The van der Waals surface area contributed by atoms with Gasteiger partial charge in [0.15, 0.2) is 0 Å². The second kappa shape index (κ2) is 7.04. The first-order valence-electron chi connectivity index (χ1n) is 6.80. The minimum atomic E-state index is 0.490. The van der Waals surface area contributed by atoms with Gasteiger partial charge in [-0.2, -0.15) is 0 Å². The second-order valence-electron chi connectivity index (χ2n) is 4.65. The standard InChI is InChI=1S/C17H14BrN3O/c18-16-10-15(21-14-6-8-19-9-7-14)11-20-17(16)22-12-13-4-2-1-3-5-13/h1-11H,12H2,(H,19,21). The Bertz CT molecular complexity index is 735. The Morgan fingerprint density at radius 3 is 2.50 bits per heavy atom. The Balaban J connectivity index is 1.67. The largest absolute Gasteiger partial charge is 0.472 e. The van der Waals surface area contributed by atoms with Crippen LogP contribution in [0.4, 0.5) is 11.4 Å². The molecule has 0 spiro atoms. The zero-order valence-electron chi connectivity index (χ0n) is 11.7. The third-order valence-corrected chi connectivity index (χ3v) is 3.56. The SMILES string of the molecule is Brc1cc(Nc2ccncc2)cnc1OCc1ccccc1. The average Bonchev–Trinajstić information content (AvgIpc) is 2.56. The first kappa shape index (κ1) is 14.5. The molecule has 0 saturated carbocycles. The second-order valence-corrected chi connectivity index (χ2v) is 5.50. The zero-order valence-corrected chi connectivity index (χ0v) is 13.3. The predicted molar refractivity (Wildman–Crippen MR) is 90.2 cm³/mol. The Kier molecular flexibility index (Phi) is 4.65. The highest BCUT2D eigenvalue weighted by atomic mass is 79.9. The van der Waals surface area contributed by atoms with E-state index in [0.717, 1.165) is 21.4 Å². The Morgan fingerprint density at radius 2 is 1.77 bits per heavy atom. The fraction of sp³-hybridized carbons (Fsp3) is 0.0588. The normalized spacial score (nSPS) is 10.2. The van der Waals surface area contributed by atoms with Crippen LogP contribution in [0.5, 0.6) is 5.88 Å². The van der Waals surface area contributed by atoms with E-state index in [1.54, 1.807) is 18.6 Å². The van der Waals surface area contributed by atoms with Crippen LogP contribution < -0.4 is 10.1 Å². The number of pyridine rings is 2. The van der Waals surface area contributed by atoms with Gasteiger partial charge in [-0.3, -0.25) is 4.98 Å². The third kappa shape index (κ3) is 3.83. The number of hydrogen-bond acceptors (Lipinski definition) is 4. The van der Waals surface area contributed by atoms with Crippen molar-refractivity contribution in [3.63, 3.8) is 0 Å². The van der Waals surface area contributed by atoms with Crippen LogP contribution >= 0.6 is 15.9 Å². The molecule has 110 valence electrons. The number of halogens is 1. The summed E-state index contributed by atoms with van der Waals surface area (Å²) in [5.41, 5.74) is 2.95. The van der Waals surface area contributed by atoms with Crippen molar-refractivity contribution in [1.29, 1.82) is 0 Å². The first-order chi connectivity index (χ1) is 10.8. The van der Waals surface area contributed by atoms with Gasteiger partial charge in [-0.05, 0) is 39.7 Å². The molecule has 3 aromatic rings. The van der Waals surface area contributed by atoms with Crippen molar-refractivity contribution in [3.05, 3.63) is 77.2 Å². The molecule has 0 unspecified atom stereocenters. The van der Waals surface area contributed by atoms with Gasteiger partial charge in [0.2, 0.25) is 5.88 Å². The summed E-state index contributed by atoms with van der Waals surface area (Å²) >= 11 is 3.49. The molecule has 0 amide bonds. The van der Waals surface area contributed by atoms with Crippen LogP contribution in [-0.2, 0) is 6.61 Å². The maximum Gasteiger partial charge on any atom is 0.228 e. The fourth-order valence-electron chi connectivity index (χ4n) is 1.93. The van der Waals surface area contributed by atoms with Crippen molar-refractivity contribution in [2.45, 2.75) is 6.61 Å². The minimum absolute atomic E-state index is 0.490. The number of nitrogens with one attached hydrogen (secondary N) is 1. The molecule has 0 aliphatic carbocycles. The molecule has 0 atom stereocenters. The molecule has 0 aliphatic rings. The summed E-state index contributed by atoms with van der Waals surface area (Å²) in [6.45, 7) is 0.490. The molecule has 0 aliphatic heterocycles. The van der Waals surface area contributed by atoms with E-state index in [9.17, 15) is 0 Å². The van der Waals surface area contributed by atoms with E-state index in [-0.39, 0.29) is 0 Å². The Hall–Kier alpha value is -2.40. The Labute approximate surface area is 137 Å². The molecule has 0 saturated heterocycles. The van der Waals surface area contributed by atoms with Gasteiger partial charge in [-0.25, -0.2) is 4.98 Å². The minimum Gasteiger partial charge on any atom is -0.472 e. The number of anilines is 2. The summed E-state index contributed by atoms with van der Waals surface area (Å²) < 4.78 is 6.54. The molecule has 1 aromatic carbocycles. The number of benzene rings is 1. The zero-order chi connectivity index (χ0) is 15.2. The molecule has 0 fully saturated rings. The van der Waals surface area contributed by atoms with Crippen molar-refractivity contribution in [2.75, 3.05) is 5.32 Å². The number of nitrogens with zero attached hydrogens (tertiary/aromatic N) is 2. The highest BCUT2D eigenvalue weighted by molar-refractivity contribution is 9.10. The molecule has 0 radical (unpaired) electrons. The molecule has 22 heavy (non-hydrogen) atoms. The van der Waals surface area contributed by atoms with E-state index in [0.29, 0.717) is 12.5 Å². The van der Waals surface area contributed by atoms with Crippen LogP contribution in [0, 0.1) is 0 Å². The van der Waals surface area contributed by atoms with Gasteiger partial charge >= 0.3 is 0 Å². The maximum atomic E-state index is 5.73. The number of hydrogen-bond donors (Lipinski definition) is 1. The van der Waals surface area contributed by atoms with Crippen LogP contribution in [0.3, 0.4) is 0 Å². The number of rotatable bonds is 5. The van der Waals surface area contributed by atoms with E-state index >= 15 is 0 Å². The molecule has 0 bridgehead atoms. The summed E-state index contributed by atoms with van der Waals surface area (Å²) in [6, 6.07) is 15.7. The molecule has 4 nitrogen and oxygen atoms in total. The van der Waals surface area contributed by atoms with E-state index in [1.807, 2.05) is 48.5 Å². The third-order valence-electron chi connectivity index (χ3n) is 2.99. The van der Waals surface area contributed by atoms with Crippen LogP contribution in [0.2, 0.25) is 0 Å². The fourth-order valence-corrected chi connectivity index (χ4v) is 2.39. The maximum absolute atomic E-state index is 5.73. The van der Waals surface area contributed by atoms with Crippen molar-refractivity contribution >= 4 is 27.3 Å². The first-order valence-corrected chi connectivity index (χ1v) is 7.60. The van der Waals surface area contributed by atoms with Gasteiger partial charge in [0.05, 0.1) is 16.4 Å². The molecule has 3 rings (SSSR count). The van der Waals surface area contributed by atoms with Gasteiger partial charge in [0.25, 0.3) is 0 Å². The number of ether oxygens (including phenoxy) is 1. The lowest BCUT2D eigenvalue weighted by Gasteiger charge is -2.10. The highest BCUT2D eigenvalue weighted by Gasteiger charge is 2.05. The van der Waals surface area contributed by atoms with E-state index in [4.69, 9.17) is 4.74 Å². The van der Waals surface area contributed by atoms with E-state index in [1.165, 1.54) is 0 Å². The van der Waals surface area contributed by atoms with Gasteiger partial charge in [-0.15, -0.1) is 0 Å². The van der Waals surface area contributed by atoms with E-state index < -0.39 is 0 Å². The average molecular weight is 356 g/mol. The molecular formula is C17H14BrN3O. The lowest BCUT2D eigenvalue weighted by molar-refractivity contribution is 0.292. The van der Waals surface area contributed by atoms with Crippen molar-refractivity contribution in [2.24, 2.45) is 0 Å². The van der Waals surface area contributed by atoms with Gasteiger partial charge < -0.3 is 10.1 Å². The molecule has 1 N–H and O–H groups in total. The topological polar surface area (TPSA) is 47.0 Å². The summed E-state index contributed by atoms with van der Waals surface area (Å²) in [4.78, 5) is 8.33. The molecule has 5 heteroatoms. The summed E-state index contributed by atoms with van der Waals surface area (Å²) in [5, 5.41) is 3.26. The van der Waals surface area contributed by atoms with Gasteiger partial charge in [0, 0.05) is 18.1 Å².